The Balaban J connectivity index is 2.88. The van der Waals surface area contributed by atoms with Gasteiger partial charge in [-0.2, -0.15) is 0 Å². The quantitative estimate of drug-likeness (QED) is 0.585. The maximum Gasteiger partial charge on any atom is 0.144 e. The molecule has 0 aliphatic heterocycles. The van der Waals surface area contributed by atoms with Crippen molar-refractivity contribution in [1.82, 2.24) is 5.32 Å². The lowest BCUT2D eigenvalue weighted by Crippen LogP contribution is -2.06. The molecule has 1 N–H and O–H groups in total. The van der Waals surface area contributed by atoms with E-state index in [1.54, 1.807) is 7.05 Å². The Labute approximate surface area is 86.3 Å². The highest BCUT2D eigenvalue weighted by Crippen LogP contribution is 2.13. The van der Waals surface area contributed by atoms with Crippen molar-refractivity contribution in [3.05, 3.63) is 35.1 Å². The zero-order valence-electron chi connectivity index (χ0n) is 8.20. The fourth-order valence-corrected chi connectivity index (χ4v) is 1.00. The monoisotopic (exact) mass is 213 g/mol. The smallest absolute Gasteiger partial charge is 0.144 e. The van der Waals surface area contributed by atoms with Crippen molar-refractivity contribution in [2.24, 2.45) is 0 Å². The largest absolute Gasteiger partial charge is 0.319 e. The number of halogens is 3. The summed E-state index contributed by atoms with van der Waals surface area (Å²) in [6, 6.07) is 1.23. The first-order valence-corrected chi connectivity index (χ1v) is 4.43. The first kappa shape index (κ1) is 11.6. The van der Waals surface area contributed by atoms with Crippen LogP contribution < -0.4 is 5.32 Å². The SMILES string of the molecule is CNCCC#Cc1c(F)cc(F)cc1F. The topological polar surface area (TPSA) is 12.0 Å². The molecule has 0 aliphatic carbocycles. The highest BCUT2D eigenvalue weighted by Gasteiger charge is 2.08. The van der Waals surface area contributed by atoms with Crippen LogP contribution in [-0.2, 0) is 0 Å². The molecule has 4 heteroatoms. The average molecular weight is 213 g/mol. The van der Waals surface area contributed by atoms with Crippen LogP contribution in [0.1, 0.15) is 12.0 Å². The summed E-state index contributed by atoms with van der Waals surface area (Å²) in [6.07, 6.45) is 0.479. The molecule has 0 spiro atoms. The Hall–Kier alpha value is -1.47. The fourth-order valence-electron chi connectivity index (χ4n) is 1.00. The molecule has 0 heterocycles. The lowest BCUT2D eigenvalue weighted by Gasteiger charge is -1.97. The van der Waals surface area contributed by atoms with Gasteiger partial charge in [-0.3, -0.25) is 0 Å². The van der Waals surface area contributed by atoms with Crippen LogP contribution in [0.2, 0.25) is 0 Å². The second kappa shape index (κ2) is 5.42. The zero-order valence-corrected chi connectivity index (χ0v) is 8.20. The van der Waals surface area contributed by atoms with Crippen molar-refractivity contribution in [3.8, 4) is 11.8 Å². The van der Waals surface area contributed by atoms with E-state index in [1.165, 1.54) is 0 Å². The van der Waals surface area contributed by atoms with Gasteiger partial charge < -0.3 is 5.32 Å². The standard InChI is InChI=1S/C11H10F3N/c1-15-5-3-2-4-9-10(13)6-8(12)7-11(9)14/h6-7,15H,3,5H2,1H3. The first-order chi connectivity index (χ1) is 7.15. The summed E-state index contributed by atoms with van der Waals surface area (Å²) >= 11 is 0. The van der Waals surface area contributed by atoms with E-state index in [4.69, 9.17) is 0 Å². The normalized spacial score (nSPS) is 9.60. The summed E-state index contributed by atoms with van der Waals surface area (Å²) in [4.78, 5) is 0. The van der Waals surface area contributed by atoms with Gasteiger partial charge in [0.1, 0.15) is 17.5 Å². The Morgan fingerprint density at radius 2 is 1.80 bits per heavy atom. The predicted octanol–water partition coefficient (Wildman–Crippen LogP) is 2.06. The number of rotatable bonds is 2. The highest BCUT2D eigenvalue weighted by molar-refractivity contribution is 5.37. The summed E-state index contributed by atoms with van der Waals surface area (Å²) in [5.41, 5.74) is -0.382. The van der Waals surface area contributed by atoms with Gasteiger partial charge in [0.15, 0.2) is 0 Å². The Kier molecular flexibility index (Phi) is 4.19. The Morgan fingerprint density at radius 3 is 2.33 bits per heavy atom. The molecule has 15 heavy (non-hydrogen) atoms. The van der Waals surface area contributed by atoms with E-state index in [0.29, 0.717) is 25.1 Å². The molecule has 0 bridgehead atoms. The molecule has 1 aromatic carbocycles. The minimum absolute atomic E-state index is 0.382. The van der Waals surface area contributed by atoms with Crippen molar-refractivity contribution >= 4 is 0 Å². The predicted molar refractivity (Wildman–Crippen MR) is 51.7 cm³/mol. The van der Waals surface area contributed by atoms with Crippen molar-refractivity contribution in [2.45, 2.75) is 6.42 Å². The van der Waals surface area contributed by atoms with Crippen LogP contribution in [0, 0.1) is 29.3 Å². The van der Waals surface area contributed by atoms with Crippen LogP contribution in [0.3, 0.4) is 0 Å². The molecular weight excluding hydrogens is 203 g/mol. The fraction of sp³-hybridized carbons (Fsp3) is 0.273. The van der Waals surface area contributed by atoms with Crippen molar-refractivity contribution in [2.75, 3.05) is 13.6 Å². The summed E-state index contributed by atoms with van der Waals surface area (Å²) in [5.74, 6) is 2.05. The summed E-state index contributed by atoms with van der Waals surface area (Å²) in [7, 11) is 1.75. The number of benzene rings is 1. The Morgan fingerprint density at radius 1 is 1.20 bits per heavy atom. The molecule has 1 rings (SSSR count). The summed E-state index contributed by atoms with van der Waals surface area (Å²) < 4.78 is 38.6. The molecular formula is C11H10F3N. The molecule has 1 aromatic rings. The number of hydrogen-bond acceptors (Lipinski definition) is 1. The summed E-state index contributed by atoms with van der Waals surface area (Å²) in [6.45, 7) is 0.636. The second-order valence-electron chi connectivity index (χ2n) is 2.90. The van der Waals surface area contributed by atoms with Gasteiger partial charge in [0, 0.05) is 25.1 Å². The summed E-state index contributed by atoms with van der Waals surface area (Å²) in [5, 5.41) is 2.84. The molecule has 0 unspecified atom stereocenters. The lowest BCUT2D eigenvalue weighted by atomic mass is 10.2. The number of hydrogen-bond donors (Lipinski definition) is 1. The second-order valence-corrected chi connectivity index (χ2v) is 2.90. The molecule has 0 saturated carbocycles. The zero-order chi connectivity index (χ0) is 11.3. The van der Waals surface area contributed by atoms with Crippen molar-refractivity contribution < 1.29 is 13.2 Å². The van der Waals surface area contributed by atoms with Crippen LogP contribution in [0.25, 0.3) is 0 Å². The maximum absolute atomic E-state index is 13.0. The van der Waals surface area contributed by atoms with Crippen LogP contribution in [0.4, 0.5) is 13.2 Å². The van der Waals surface area contributed by atoms with Gasteiger partial charge in [0.05, 0.1) is 5.56 Å². The third kappa shape index (κ3) is 3.30. The van der Waals surface area contributed by atoms with Crippen molar-refractivity contribution in [1.29, 1.82) is 0 Å². The van der Waals surface area contributed by atoms with E-state index in [0.717, 1.165) is 0 Å². The molecule has 0 aliphatic rings. The van der Waals surface area contributed by atoms with E-state index in [-0.39, 0.29) is 5.56 Å². The first-order valence-electron chi connectivity index (χ1n) is 4.43. The molecule has 0 fully saturated rings. The third-order valence-electron chi connectivity index (χ3n) is 1.72. The lowest BCUT2D eigenvalue weighted by molar-refractivity contribution is 0.539. The van der Waals surface area contributed by atoms with Crippen LogP contribution in [0.15, 0.2) is 12.1 Å². The molecule has 1 nitrogen and oxygen atoms in total. The minimum atomic E-state index is -0.968. The Bertz CT molecular complexity index is 381. The van der Waals surface area contributed by atoms with E-state index >= 15 is 0 Å². The van der Waals surface area contributed by atoms with E-state index in [9.17, 15) is 13.2 Å². The molecule has 0 radical (unpaired) electrons. The third-order valence-corrected chi connectivity index (χ3v) is 1.72. The minimum Gasteiger partial charge on any atom is -0.319 e. The van der Waals surface area contributed by atoms with E-state index in [2.05, 4.69) is 17.2 Å². The van der Waals surface area contributed by atoms with Gasteiger partial charge in [0.25, 0.3) is 0 Å². The molecule has 0 saturated heterocycles. The molecule has 0 amide bonds. The maximum atomic E-state index is 13.0. The van der Waals surface area contributed by atoms with E-state index in [1.807, 2.05) is 0 Å². The molecule has 0 aromatic heterocycles. The van der Waals surface area contributed by atoms with Gasteiger partial charge in [-0.25, -0.2) is 13.2 Å². The van der Waals surface area contributed by atoms with Crippen molar-refractivity contribution in [3.63, 3.8) is 0 Å². The van der Waals surface area contributed by atoms with Gasteiger partial charge in [-0.05, 0) is 7.05 Å². The van der Waals surface area contributed by atoms with Gasteiger partial charge >= 0.3 is 0 Å². The number of nitrogens with one attached hydrogen (secondary N) is 1. The van der Waals surface area contributed by atoms with Gasteiger partial charge in [-0.1, -0.05) is 11.8 Å². The van der Waals surface area contributed by atoms with E-state index < -0.39 is 17.5 Å². The van der Waals surface area contributed by atoms with Crippen LogP contribution in [-0.4, -0.2) is 13.6 Å². The molecule has 80 valence electrons. The molecule has 0 atom stereocenters. The van der Waals surface area contributed by atoms with Crippen LogP contribution in [0.5, 0.6) is 0 Å². The van der Waals surface area contributed by atoms with Gasteiger partial charge in [-0.15, -0.1) is 0 Å². The average Bonchev–Trinajstić information content (AvgIpc) is 2.15. The van der Waals surface area contributed by atoms with Crippen LogP contribution >= 0.6 is 0 Å². The van der Waals surface area contributed by atoms with Gasteiger partial charge in [0.2, 0.25) is 0 Å². The highest BCUT2D eigenvalue weighted by atomic mass is 19.1.